The highest BCUT2D eigenvalue weighted by atomic mass is 32.2. The van der Waals surface area contributed by atoms with Crippen LogP contribution in [0.25, 0.3) is 0 Å². The molecule has 0 aliphatic carbocycles. The van der Waals surface area contributed by atoms with Gasteiger partial charge in [-0.25, -0.2) is 0 Å². The Kier molecular flexibility index (Phi) is 6.27. The van der Waals surface area contributed by atoms with Gasteiger partial charge in [-0.05, 0) is 29.4 Å². The maximum Gasteiger partial charge on any atom is 0.305 e. The third-order valence-corrected chi connectivity index (χ3v) is 3.85. The van der Waals surface area contributed by atoms with Crippen LogP contribution in [0.2, 0.25) is 0 Å². The third kappa shape index (κ3) is 5.79. The fraction of sp³-hybridized carbons (Fsp3) is 0.500. The Morgan fingerprint density at radius 1 is 1.33 bits per heavy atom. The highest BCUT2D eigenvalue weighted by Gasteiger charge is 2.28. The van der Waals surface area contributed by atoms with E-state index in [1.54, 1.807) is 17.8 Å². The van der Waals surface area contributed by atoms with E-state index >= 15 is 0 Å². The van der Waals surface area contributed by atoms with Crippen molar-refractivity contribution in [1.29, 1.82) is 0 Å². The molecule has 0 heterocycles. The van der Waals surface area contributed by atoms with Crippen LogP contribution >= 0.6 is 11.8 Å². The lowest BCUT2D eigenvalue weighted by atomic mass is 9.84. The molecule has 0 saturated heterocycles. The molecular weight excluding hydrogens is 286 g/mol. The summed E-state index contributed by atoms with van der Waals surface area (Å²) in [4.78, 5) is 23.3. The summed E-state index contributed by atoms with van der Waals surface area (Å²) in [5, 5.41) is 11.8. The van der Waals surface area contributed by atoms with Gasteiger partial charge in [-0.3, -0.25) is 9.59 Å². The van der Waals surface area contributed by atoms with Crippen LogP contribution in [0.4, 0.5) is 0 Å². The zero-order chi connectivity index (χ0) is 16.0. The first-order valence-electron chi connectivity index (χ1n) is 6.84. The molecule has 1 atom stereocenters. The van der Waals surface area contributed by atoms with Crippen LogP contribution in [-0.2, 0) is 10.5 Å². The molecule has 1 aromatic carbocycles. The van der Waals surface area contributed by atoms with Gasteiger partial charge in [0.15, 0.2) is 0 Å². The summed E-state index contributed by atoms with van der Waals surface area (Å²) in [5.41, 5.74) is 1.34. The van der Waals surface area contributed by atoms with Crippen molar-refractivity contribution < 1.29 is 14.7 Å². The zero-order valence-electron chi connectivity index (χ0n) is 13.0. The molecule has 0 fully saturated rings. The van der Waals surface area contributed by atoms with Crippen molar-refractivity contribution in [3.63, 3.8) is 0 Å². The molecule has 0 saturated carbocycles. The van der Waals surface area contributed by atoms with Crippen molar-refractivity contribution in [1.82, 2.24) is 5.32 Å². The van der Waals surface area contributed by atoms with Gasteiger partial charge < -0.3 is 10.4 Å². The average molecular weight is 309 g/mol. The third-order valence-electron chi connectivity index (χ3n) is 3.23. The summed E-state index contributed by atoms with van der Waals surface area (Å²) in [6, 6.07) is 7.02. The number of hydrogen-bond donors (Lipinski definition) is 2. The van der Waals surface area contributed by atoms with Gasteiger partial charge in [0.1, 0.15) is 0 Å². The summed E-state index contributed by atoms with van der Waals surface area (Å²) < 4.78 is 0. The van der Waals surface area contributed by atoms with Crippen LogP contribution in [0, 0.1) is 5.41 Å². The van der Waals surface area contributed by atoms with Gasteiger partial charge in [0.25, 0.3) is 5.91 Å². The number of hydrogen-bond acceptors (Lipinski definition) is 3. The summed E-state index contributed by atoms with van der Waals surface area (Å²) >= 11 is 1.69. The molecule has 0 spiro atoms. The highest BCUT2D eigenvalue weighted by molar-refractivity contribution is 7.97. The lowest BCUT2D eigenvalue weighted by Crippen LogP contribution is -2.45. The van der Waals surface area contributed by atoms with Crippen molar-refractivity contribution in [2.75, 3.05) is 6.26 Å². The van der Waals surface area contributed by atoms with Gasteiger partial charge in [0.2, 0.25) is 0 Å². The van der Waals surface area contributed by atoms with Gasteiger partial charge in [-0.2, -0.15) is 11.8 Å². The van der Waals surface area contributed by atoms with E-state index in [1.807, 2.05) is 45.2 Å². The smallest absolute Gasteiger partial charge is 0.305 e. The second-order valence-electron chi connectivity index (χ2n) is 6.12. The predicted octanol–water partition coefficient (Wildman–Crippen LogP) is 3.17. The largest absolute Gasteiger partial charge is 0.481 e. The molecule has 21 heavy (non-hydrogen) atoms. The molecule has 0 bridgehead atoms. The molecule has 5 heteroatoms. The lowest BCUT2D eigenvalue weighted by molar-refractivity contribution is -0.138. The number of benzene rings is 1. The number of rotatable bonds is 6. The molecule has 1 aromatic rings. The van der Waals surface area contributed by atoms with Crippen molar-refractivity contribution in [2.45, 2.75) is 39.0 Å². The topological polar surface area (TPSA) is 66.4 Å². The second-order valence-corrected chi connectivity index (χ2v) is 6.99. The van der Waals surface area contributed by atoms with E-state index in [0.717, 1.165) is 11.3 Å². The maximum atomic E-state index is 12.3. The van der Waals surface area contributed by atoms with Crippen LogP contribution in [-0.4, -0.2) is 29.3 Å². The molecule has 0 aromatic heterocycles. The van der Waals surface area contributed by atoms with E-state index < -0.39 is 12.0 Å². The van der Waals surface area contributed by atoms with E-state index in [1.165, 1.54) is 0 Å². The monoisotopic (exact) mass is 309 g/mol. The Labute approximate surface area is 130 Å². The number of carboxylic acids is 1. The molecule has 4 nitrogen and oxygen atoms in total. The SMILES string of the molecule is CSCc1cccc(C(=O)NC(CC(=O)O)C(C)(C)C)c1. The minimum atomic E-state index is -0.911. The second kappa shape index (κ2) is 7.50. The molecular formula is C16H23NO3S. The van der Waals surface area contributed by atoms with Crippen LogP contribution in [0.15, 0.2) is 24.3 Å². The lowest BCUT2D eigenvalue weighted by Gasteiger charge is -2.30. The number of nitrogens with one attached hydrogen (secondary N) is 1. The van der Waals surface area contributed by atoms with Gasteiger partial charge >= 0.3 is 5.97 Å². The Balaban J connectivity index is 2.86. The van der Waals surface area contributed by atoms with Crippen LogP contribution in [0.3, 0.4) is 0 Å². The summed E-state index contributed by atoms with van der Waals surface area (Å²) in [6.07, 6.45) is 1.93. The van der Waals surface area contributed by atoms with Crippen molar-refractivity contribution in [3.8, 4) is 0 Å². The van der Waals surface area contributed by atoms with E-state index in [0.29, 0.717) is 5.56 Å². The first kappa shape index (κ1) is 17.6. The molecule has 116 valence electrons. The molecule has 1 rings (SSSR count). The molecule has 2 N–H and O–H groups in total. The van der Waals surface area contributed by atoms with E-state index in [9.17, 15) is 9.59 Å². The van der Waals surface area contributed by atoms with Gasteiger partial charge in [-0.15, -0.1) is 0 Å². The zero-order valence-corrected chi connectivity index (χ0v) is 13.8. The van der Waals surface area contributed by atoms with Gasteiger partial charge in [0, 0.05) is 17.4 Å². The summed E-state index contributed by atoms with van der Waals surface area (Å²) in [6.45, 7) is 5.76. The van der Waals surface area contributed by atoms with E-state index in [2.05, 4.69) is 5.32 Å². The van der Waals surface area contributed by atoms with Gasteiger partial charge in [0.05, 0.1) is 6.42 Å². The Morgan fingerprint density at radius 3 is 2.52 bits per heavy atom. The molecule has 0 radical (unpaired) electrons. The number of aliphatic carboxylic acids is 1. The van der Waals surface area contributed by atoms with Crippen LogP contribution < -0.4 is 5.32 Å². The fourth-order valence-corrected chi connectivity index (χ4v) is 2.47. The first-order valence-corrected chi connectivity index (χ1v) is 8.24. The first-order chi connectivity index (χ1) is 9.74. The normalized spacial score (nSPS) is 12.8. The quantitative estimate of drug-likeness (QED) is 0.847. The number of amides is 1. The van der Waals surface area contributed by atoms with E-state index in [4.69, 9.17) is 5.11 Å². The van der Waals surface area contributed by atoms with Crippen LogP contribution in [0.1, 0.15) is 43.1 Å². The van der Waals surface area contributed by atoms with Crippen molar-refractivity contribution in [2.24, 2.45) is 5.41 Å². The Bertz CT molecular complexity index is 508. The van der Waals surface area contributed by atoms with Crippen LogP contribution in [0.5, 0.6) is 0 Å². The predicted molar refractivity (Wildman–Crippen MR) is 86.6 cm³/mol. The number of carbonyl (C=O) groups excluding carboxylic acids is 1. The summed E-state index contributed by atoms with van der Waals surface area (Å²) in [7, 11) is 0. The minimum absolute atomic E-state index is 0.0836. The minimum Gasteiger partial charge on any atom is -0.481 e. The van der Waals surface area contributed by atoms with Crippen molar-refractivity contribution in [3.05, 3.63) is 35.4 Å². The number of carbonyl (C=O) groups is 2. The molecule has 1 amide bonds. The average Bonchev–Trinajstić information content (AvgIpc) is 2.37. The molecule has 1 unspecified atom stereocenters. The molecule has 0 aliphatic rings. The fourth-order valence-electron chi connectivity index (χ4n) is 1.96. The molecule has 0 aliphatic heterocycles. The highest BCUT2D eigenvalue weighted by Crippen LogP contribution is 2.22. The Hall–Kier alpha value is -1.49. The summed E-state index contributed by atoms with van der Waals surface area (Å²) in [5.74, 6) is -0.288. The Morgan fingerprint density at radius 2 is 2.00 bits per heavy atom. The standard InChI is InChI=1S/C16H23NO3S/c1-16(2,3)13(9-14(18)19)17-15(20)12-7-5-6-11(8-12)10-21-4/h5-8,13H,9-10H2,1-4H3,(H,17,20)(H,18,19). The maximum absolute atomic E-state index is 12.3. The number of carboxylic acid groups (broad SMARTS) is 1. The van der Waals surface area contributed by atoms with E-state index in [-0.39, 0.29) is 17.7 Å². The van der Waals surface area contributed by atoms with Crippen molar-refractivity contribution >= 4 is 23.6 Å². The number of thioether (sulfide) groups is 1. The van der Waals surface area contributed by atoms with Gasteiger partial charge in [-0.1, -0.05) is 32.9 Å².